The van der Waals surface area contributed by atoms with E-state index < -0.39 is 42.5 Å². The van der Waals surface area contributed by atoms with E-state index in [1.807, 2.05) is 32.9 Å². The van der Waals surface area contributed by atoms with Gasteiger partial charge in [0, 0.05) is 6.54 Å². The zero-order valence-corrected chi connectivity index (χ0v) is 17.4. The zero-order chi connectivity index (χ0) is 22.4. The molecule has 10 nitrogen and oxygen atoms in total. The van der Waals surface area contributed by atoms with Crippen molar-refractivity contribution in [3.05, 3.63) is 23.3 Å². The molecular formula is C20H28N4O6. The number of aliphatic hydroxyl groups excluding tert-OH is 4. The lowest BCUT2D eigenvalue weighted by Crippen LogP contribution is -2.74. The van der Waals surface area contributed by atoms with Crippen LogP contribution >= 0.6 is 0 Å². The zero-order valence-electron chi connectivity index (χ0n) is 17.4. The number of benzene rings is 1. The van der Waals surface area contributed by atoms with Gasteiger partial charge in [-0.2, -0.15) is 0 Å². The molecule has 1 fully saturated rings. The van der Waals surface area contributed by atoms with Gasteiger partial charge in [-0.25, -0.2) is 9.79 Å². The van der Waals surface area contributed by atoms with Gasteiger partial charge in [-0.1, -0.05) is 13.8 Å². The van der Waals surface area contributed by atoms with Gasteiger partial charge < -0.3 is 30.6 Å². The van der Waals surface area contributed by atoms with E-state index >= 15 is 0 Å². The molecular weight excluding hydrogens is 392 g/mol. The number of nitrogens with one attached hydrogen (secondary N) is 2. The first kappa shape index (κ1) is 22.2. The van der Waals surface area contributed by atoms with Crippen LogP contribution < -0.4 is 15.5 Å². The number of aliphatic imine (C=N–C) groups is 1. The summed E-state index contributed by atoms with van der Waals surface area (Å²) in [4.78, 5) is 30.7. The second-order valence-corrected chi connectivity index (χ2v) is 8.21. The van der Waals surface area contributed by atoms with Crippen LogP contribution in [0.3, 0.4) is 0 Å². The summed E-state index contributed by atoms with van der Waals surface area (Å²) in [6, 6.07) is 3.01. The minimum atomic E-state index is -1.63. The van der Waals surface area contributed by atoms with Gasteiger partial charge in [-0.3, -0.25) is 10.1 Å². The predicted octanol–water partition coefficient (Wildman–Crippen LogP) is -0.358. The molecule has 0 bridgehead atoms. The van der Waals surface area contributed by atoms with Crippen molar-refractivity contribution in [1.82, 2.24) is 10.6 Å². The molecule has 1 aromatic carbocycles. The lowest BCUT2D eigenvalue weighted by molar-refractivity contribution is -0.114. The second kappa shape index (κ2) is 7.95. The van der Waals surface area contributed by atoms with Gasteiger partial charge in [0.2, 0.25) is 0 Å². The predicted molar refractivity (Wildman–Crippen MR) is 110 cm³/mol. The molecule has 2 aliphatic rings. The number of urea groups is 1. The number of hydrogen-bond acceptors (Lipinski definition) is 8. The number of hydrogen-bond donors (Lipinski definition) is 6. The highest BCUT2D eigenvalue weighted by atomic mass is 16.4. The molecule has 30 heavy (non-hydrogen) atoms. The van der Waals surface area contributed by atoms with Crippen molar-refractivity contribution < 1.29 is 30.0 Å². The lowest BCUT2D eigenvalue weighted by Gasteiger charge is -2.49. The van der Waals surface area contributed by atoms with Crippen molar-refractivity contribution in [2.24, 2.45) is 4.99 Å². The van der Waals surface area contributed by atoms with Crippen LogP contribution in [-0.2, 0) is 4.79 Å². The smallest absolute Gasteiger partial charge is 0.323 e. The maximum atomic E-state index is 12.5. The Hall–Kier alpha value is -2.53. The molecule has 6 N–H and O–H groups in total. The van der Waals surface area contributed by atoms with Crippen LogP contribution in [0.25, 0.3) is 0 Å². The topological polar surface area (TPSA) is 155 Å². The summed E-state index contributed by atoms with van der Waals surface area (Å²) < 4.78 is 0. The monoisotopic (exact) mass is 420 g/mol. The summed E-state index contributed by atoms with van der Waals surface area (Å²) in [5, 5.41) is 44.4. The number of imide groups is 1. The van der Waals surface area contributed by atoms with E-state index in [0.717, 1.165) is 11.1 Å². The standard InChI is InChI=1S/C20H28N4O6/c1-9(2)11-6-13-12(5-10(11)3)21-17-18(29)22-19(30)23-20(17,4)24(13)7-14(26)16(28)15(27)8-25/h5-6,9,14-16,25-28H,7-8H2,1-4H3,(H2,22,23,29,30). The third-order valence-electron chi connectivity index (χ3n) is 5.65. The number of anilines is 1. The maximum Gasteiger partial charge on any atom is 0.323 e. The van der Waals surface area contributed by atoms with Crippen molar-refractivity contribution in [3.63, 3.8) is 0 Å². The van der Waals surface area contributed by atoms with Gasteiger partial charge in [0.05, 0.1) is 18.0 Å². The molecule has 0 aromatic heterocycles. The Morgan fingerprint density at radius 1 is 1.17 bits per heavy atom. The van der Waals surface area contributed by atoms with E-state index in [0.29, 0.717) is 11.4 Å². The van der Waals surface area contributed by atoms with Gasteiger partial charge in [0.25, 0.3) is 5.91 Å². The van der Waals surface area contributed by atoms with Gasteiger partial charge in [0.15, 0.2) is 11.4 Å². The number of fused-ring (bicyclic) bond motifs is 2. The largest absolute Gasteiger partial charge is 0.394 e. The Balaban J connectivity index is 2.14. The van der Waals surface area contributed by atoms with E-state index in [-0.39, 0.29) is 18.2 Å². The Bertz CT molecular complexity index is 902. The highest BCUT2D eigenvalue weighted by Gasteiger charge is 2.50. The average molecular weight is 420 g/mol. The fraction of sp³-hybridized carbons (Fsp3) is 0.550. The summed E-state index contributed by atoms with van der Waals surface area (Å²) in [7, 11) is 0. The van der Waals surface area contributed by atoms with Gasteiger partial charge in [-0.15, -0.1) is 0 Å². The van der Waals surface area contributed by atoms with Crippen molar-refractivity contribution in [2.45, 2.75) is 57.6 Å². The number of aliphatic hydroxyl groups is 4. The molecule has 0 aliphatic carbocycles. The molecule has 3 amide bonds. The SMILES string of the molecule is Cc1cc2c(cc1C(C)C)N(CC(O)C(O)C(O)CO)C1(C)NC(=O)NC(=O)C1=N2. The van der Waals surface area contributed by atoms with E-state index in [1.165, 1.54) is 0 Å². The average Bonchev–Trinajstić information content (AvgIpc) is 2.66. The molecule has 164 valence electrons. The van der Waals surface area contributed by atoms with Crippen molar-refractivity contribution in [3.8, 4) is 0 Å². The van der Waals surface area contributed by atoms with Crippen LogP contribution in [0.5, 0.6) is 0 Å². The molecule has 10 heteroatoms. The highest BCUT2D eigenvalue weighted by molar-refractivity contribution is 6.47. The van der Waals surface area contributed by atoms with Crippen LogP contribution in [0, 0.1) is 6.92 Å². The second-order valence-electron chi connectivity index (χ2n) is 8.21. The van der Waals surface area contributed by atoms with Gasteiger partial charge >= 0.3 is 6.03 Å². The number of rotatable bonds is 6. The molecule has 2 heterocycles. The number of β-amino-alcohol motifs (C(OH)–C–C–N with tert-alkyl or cyclic N) is 1. The molecule has 4 unspecified atom stereocenters. The molecule has 0 radical (unpaired) electrons. The van der Waals surface area contributed by atoms with E-state index in [1.54, 1.807) is 11.8 Å². The number of amides is 3. The van der Waals surface area contributed by atoms with Crippen LogP contribution in [0.4, 0.5) is 16.2 Å². The Kier molecular flexibility index (Phi) is 5.87. The molecule has 0 saturated carbocycles. The molecule has 2 aliphatic heterocycles. The Labute approximate surface area is 174 Å². The van der Waals surface area contributed by atoms with Crippen molar-refractivity contribution >= 4 is 29.0 Å². The van der Waals surface area contributed by atoms with Crippen LogP contribution in [0.15, 0.2) is 17.1 Å². The lowest BCUT2D eigenvalue weighted by atomic mass is 9.91. The summed E-state index contributed by atoms with van der Waals surface area (Å²) in [5.41, 5.74) is 1.71. The van der Waals surface area contributed by atoms with Crippen LogP contribution in [0.1, 0.15) is 37.8 Å². The molecule has 4 atom stereocenters. The first-order chi connectivity index (χ1) is 14.0. The molecule has 1 saturated heterocycles. The maximum absolute atomic E-state index is 12.5. The number of aryl methyl sites for hydroxylation is 1. The summed E-state index contributed by atoms with van der Waals surface area (Å²) in [6.45, 7) is 6.62. The third-order valence-corrected chi connectivity index (χ3v) is 5.65. The number of nitrogens with zero attached hydrogens (tertiary/aromatic N) is 2. The van der Waals surface area contributed by atoms with E-state index in [4.69, 9.17) is 5.11 Å². The quantitative estimate of drug-likeness (QED) is 0.367. The minimum Gasteiger partial charge on any atom is -0.394 e. The molecule has 0 spiro atoms. The molecule has 3 rings (SSSR count). The van der Waals surface area contributed by atoms with Crippen molar-refractivity contribution in [2.75, 3.05) is 18.1 Å². The normalized spacial score (nSPS) is 23.8. The summed E-state index contributed by atoms with van der Waals surface area (Å²) in [6.07, 6.45) is -4.66. The highest BCUT2D eigenvalue weighted by Crippen LogP contribution is 2.42. The Morgan fingerprint density at radius 3 is 2.43 bits per heavy atom. The first-order valence-electron chi connectivity index (χ1n) is 9.79. The van der Waals surface area contributed by atoms with Crippen LogP contribution in [-0.4, -0.2) is 75.2 Å². The molecule has 1 aromatic rings. The van der Waals surface area contributed by atoms with Crippen LogP contribution in [0.2, 0.25) is 0 Å². The summed E-state index contributed by atoms with van der Waals surface area (Å²) in [5.74, 6) is -0.473. The fourth-order valence-corrected chi connectivity index (χ4v) is 3.98. The summed E-state index contributed by atoms with van der Waals surface area (Å²) >= 11 is 0. The van der Waals surface area contributed by atoms with Gasteiger partial charge in [0.1, 0.15) is 18.3 Å². The number of carbonyl (C=O) groups excluding carboxylic acids is 2. The Morgan fingerprint density at radius 2 is 1.83 bits per heavy atom. The van der Waals surface area contributed by atoms with E-state index in [2.05, 4.69) is 15.6 Å². The minimum absolute atomic E-state index is 0.0377. The third kappa shape index (κ3) is 3.67. The first-order valence-corrected chi connectivity index (χ1v) is 9.79. The number of carbonyl (C=O) groups is 2. The van der Waals surface area contributed by atoms with Crippen molar-refractivity contribution in [1.29, 1.82) is 0 Å². The van der Waals surface area contributed by atoms with Gasteiger partial charge in [-0.05, 0) is 43.0 Å². The fourth-order valence-electron chi connectivity index (χ4n) is 3.98. The van der Waals surface area contributed by atoms with E-state index in [9.17, 15) is 24.9 Å².